The second-order valence-electron chi connectivity index (χ2n) is 5.65. The quantitative estimate of drug-likeness (QED) is 0.708. The maximum Gasteiger partial charge on any atom is 0.252 e. The molecule has 1 aliphatic rings. The number of thiophene rings is 1. The maximum atomic E-state index is 12.7. The predicted octanol–water partition coefficient (Wildman–Crippen LogP) is 3.06. The van der Waals surface area contributed by atoms with Gasteiger partial charge in [0.15, 0.2) is 0 Å². The molecular weight excluding hydrogens is 304 g/mol. The van der Waals surface area contributed by atoms with E-state index in [9.17, 15) is 8.42 Å². The Hall–Kier alpha value is -0.430. The lowest BCUT2D eigenvalue weighted by Crippen LogP contribution is -2.36. The third-order valence-corrected chi connectivity index (χ3v) is 7.49. The maximum absolute atomic E-state index is 12.7. The molecule has 1 saturated carbocycles. The highest BCUT2D eigenvalue weighted by Crippen LogP contribution is 2.30. The summed E-state index contributed by atoms with van der Waals surface area (Å²) >= 11 is 1.39. The molecule has 0 radical (unpaired) electrons. The summed E-state index contributed by atoms with van der Waals surface area (Å²) < 4.78 is 27.5. The van der Waals surface area contributed by atoms with Crippen molar-refractivity contribution >= 4 is 21.4 Å². The van der Waals surface area contributed by atoms with Crippen molar-refractivity contribution in [3.63, 3.8) is 0 Å². The van der Waals surface area contributed by atoms with E-state index in [0.29, 0.717) is 23.2 Å². The standard InChI is InChI=1S/C15H26N2O2S2/c1-3-10-16-11-14-8-9-15(20-14)21(18,19)17(4-2)12-13-6-5-7-13/h8-9,13,16H,3-7,10-12H2,1-2H3. The van der Waals surface area contributed by atoms with Gasteiger partial charge >= 0.3 is 0 Å². The van der Waals surface area contributed by atoms with E-state index in [2.05, 4.69) is 12.2 Å². The van der Waals surface area contributed by atoms with Crippen molar-refractivity contribution in [2.24, 2.45) is 5.92 Å². The molecule has 0 atom stereocenters. The molecule has 1 aromatic heterocycles. The van der Waals surface area contributed by atoms with E-state index >= 15 is 0 Å². The summed E-state index contributed by atoms with van der Waals surface area (Å²) in [7, 11) is -3.31. The molecule has 0 aliphatic heterocycles. The average Bonchev–Trinajstić information content (AvgIpc) is 2.87. The highest BCUT2D eigenvalue weighted by molar-refractivity contribution is 7.91. The number of hydrogen-bond donors (Lipinski definition) is 1. The Balaban J connectivity index is 2.02. The van der Waals surface area contributed by atoms with Crippen molar-refractivity contribution < 1.29 is 8.42 Å². The monoisotopic (exact) mass is 330 g/mol. The summed E-state index contributed by atoms with van der Waals surface area (Å²) in [5.41, 5.74) is 0. The minimum Gasteiger partial charge on any atom is -0.312 e. The van der Waals surface area contributed by atoms with Gasteiger partial charge in [-0.05, 0) is 43.9 Å². The third-order valence-electron chi connectivity index (χ3n) is 4.00. The zero-order valence-electron chi connectivity index (χ0n) is 13.0. The van der Waals surface area contributed by atoms with Crippen molar-refractivity contribution in [2.45, 2.75) is 50.3 Å². The normalized spacial score (nSPS) is 16.3. The highest BCUT2D eigenvalue weighted by atomic mass is 32.2. The highest BCUT2D eigenvalue weighted by Gasteiger charge is 2.29. The Morgan fingerprint density at radius 2 is 2.10 bits per heavy atom. The smallest absolute Gasteiger partial charge is 0.252 e. The average molecular weight is 331 g/mol. The van der Waals surface area contributed by atoms with Gasteiger partial charge < -0.3 is 5.32 Å². The first kappa shape index (κ1) is 16.9. The van der Waals surface area contributed by atoms with Gasteiger partial charge in [-0.2, -0.15) is 4.31 Å². The number of sulfonamides is 1. The van der Waals surface area contributed by atoms with Gasteiger partial charge in [0.2, 0.25) is 0 Å². The van der Waals surface area contributed by atoms with Gasteiger partial charge in [-0.25, -0.2) is 8.42 Å². The Labute approximate surface area is 132 Å². The molecule has 0 aromatic carbocycles. The van der Waals surface area contributed by atoms with Gasteiger partial charge in [-0.3, -0.25) is 0 Å². The van der Waals surface area contributed by atoms with Crippen LogP contribution in [-0.4, -0.2) is 32.4 Å². The first-order valence-electron chi connectivity index (χ1n) is 7.87. The van der Waals surface area contributed by atoms with Crippen LogP contribution in [0.5, 0.6) is 0 Å². The van der Waals surface area contributed by atoms with Gasteiger partial charge in [-0.15, -0.1) is 11.3 Å². The fourth-order valence-corrected chi connectivity index (χ4v) is 5.47. The Morgan fingerprint density at radius 3 is 2.67 bits per heavy atom. The fraction of sp³-hybridized carbons (Fsp3) is 0.733. The summed E-state index contributed by atoms with van der Waals surface area (Å²) in [6, 6.07) is 3.68. The van der Waals surface area contributed by atoms with Crippen LogP contribution < -0.4 is 5.32 Å². The largest absolute Gasteiger partial charge is 0.312 e. The van der Waals surface area contributed by atoms with Gasteiger partial charge in [0.25, 0.3) is 10.0 Å². The summed E-state index contributed by atoms with van der Waals surface area (Å²) in [6.07, 6.45) is 4.67. The lowest BCUT2D eigenvalue weighted by atomic mass is 9.85. The lowest BCUT2D eigenvalue weighted by Gasteiger charge is -2.30. The topological polar surface area (TPSA) is 49.4 Å². The number of nitrogens with zero attached hydrogens (tertiary/aromatic N) is 1. The van der Waals surface area contributed by atoms with Gasteiger partial charge in [0, 0.05) is 24.5 Å². The van der Waals surface area contributed by atoms with Gasteiger partial charge in [0.1, 0.15) is 4.21 Å². The molecule has 2 rings (SSSR count). The molecule has 1 N–H and O–H groups in total. The molecule has 21 heavy (non-hydrogen) atoms. The number of rotatable bonds is 9. The SMILES string of the molecule is CCCNCc1ccc(S(=O)(=O)N(CC)CC2CCC2)s1. The number of nitrogens with one attached hydrogen (secondary N) is 1. The zero-order chi connectivity index (χ0) is 15.3. The van der Waals surface area contributed by atoms with E-state index in [1.807, 2.05) is 13.0 Å². The van der Waals surface area contributed by atoms with E-state index in [4.69, 9.17) is 0 Å². The Kier molecular flexibility index (Phi) is 6.22. The molecule has 0 amide bonds. The zero-order valence-corrected chi connectivity index (χ0v) is 14.6. The van der Waals surface area contributed by atoms with E-state index in [-0.39, 0.29) is 0 Å². The van der Waals surface area contributed by atoms with Crippen LogP contribution in [0.1, 0.15) is 44.4 Å². The predicted molar refractivity (Wildman–Crippen MR) is 88.1 cm³/mol. The van der Waals surface area contributed by atoms with Gasteiger partial charge in [0.05, 0.1) is 0 Å². The molecule has 120 valence electrons. The van der Waals surface area contributed by atoms with Crippen molar-refractivity contribution in [3.05, 3.63) is 17.0 Å². The van der Waals surface area contributed by atoms with Crippen molar-refractivity contribution in [1.29, 1.82) is 0 Å². The molecule has 1 fully saturated rings. The first-order valence-corrected chi connectivity index (χ1v) is 10.1. The first-order chi connectivity index (χ1) is 10.1. The molecule has 0 bridgehead atoms. The van der Waals surface area contributed by atoms with E-state index < -0.39 is 10.0 Å². The molecule has 0 spiro atoms. The van der Waals surface area contributed by atoms with Crippen molar-refractivity contribution in [1.82, 2.24) is 9.62 Å². The second-order valence-corrected chi connectivity index (χ2v) is 8.98. The van der Waals surface area contributed by atoms with Crippen LogP contribution in [0.2, 0.25) is 0 Å². The molecule has 1 aliphatic carbocycles. The van der Waals surface area contributed by atoms with Crippen LogP contribution in [0.25, 0.3) is 0 Å². The molecule has 1 heterocycles. The summed E-state index contributed by atoms with van der Waals surface area (Å²) in [5.74, 6) is 0.561. The van der Waals surface area contributed by atoms with Crippen LogP contribution in [0.3, 0.4) is 0 Å². The van der Waals surface area contributed by atoms with Crippen LogP contribution in [0.15, 0.2) is 16.3 Å². The molecule has 4 nitrogen and oxygen atoms in total. The third kappa shape index (κ3) is 4.28. The molecular formula is C15H26N2O2S2. The lowest BCUT2D eigenvalue weighted by molar-refractivity contribution is 0.250. The summed E-state index contributed by atoms with van der Waals surface area (Å²) in [4.78, 5) is 1.08. The Morgan fingerprint density at radius 1 is 1.33 bits per heavy atom. The summed E-state index contributed by atoms with van der Waals surface area (Å²) in [6.45, 7) is 7.00. The number of hydrogen-bond acceptors (Lipinski definition) is 4. The van der Waals surface area contributed by atoms with E-state index in [1.165, 1.54) is 30.6 Å². The van der Waals surface area contributed by atoms with E-state index in [1.54, 1.807) is 10.4 Å². The molecule has 0 saturated heterocycles. The van der Waals surface area contributed by atoms with Crippen LogP contribution >= 0.6 is 11.3 Å². The van der Waals surface area contributed by atoms with Gasteiger partial charge in [-0.1, -0.05) is 20.3 Å². The molecule has 6 heteroatoms. The molecule has 1 aromatic rings. The van der Waals surface area contributed by atoms with Crippen LogP contribution in [0, 0.1) is 5.92 Å². The second kappa shape index (κ2) is 7.72. The Bertz CT molecular complexity index is 536. The fourth-order valence-electron chi connectivity index (χ4n) is 2.47. The minimum atomic E-state index is -3.31. The van der Waals surface area contributed by atoms with Crippen LogP contribution in [-0.2, 0) is 16.6 Å². The van der Waals surface area contributed by atoms with Crippen molar-refractivity contribution in [2.75, 3.05) is 19.6 Å². The molecule has 0 unspecified atom stereocenters. The van der Waals surface area contributed by atoms with E-state index in [0.717, 1.165) is 24.4 Å². The minimum absolute atomic E-state index is 0.483. The van der Waals surface area contributed by atoms with Crippen molar-refractivity contribution in [3.8, 4) is 0 Å². The van der Waals surface area contributed by atoms with Crippen LogP contribution in [0.4, 0.5) is 0 Å². The summed E-state index contributed by atoms with van der Waals surface area (Å²) in [5, 5.41) is 3.31.